The summed E-state index contributed by atoms with van der Waals surface area (Å²) in [6.07, 6.45) is -0.143. The monoisotopic (exact) mass is 250 g/mol. The van der Waals surface area contributed by atoms with Gasteiger partial charge in [0.2, 0.25) is 0 Å². The Kier molecular flexibility index (Phi) is 1.97. The van der Waals surface area contributed by atoms with Gasteiger partial charge >= 0.3 is 10.2 Å². The fourth-order valence-electron chi connectivity index (χ4n) is 0.875. The average molecular weight is 250 g/mol. The van der Waals surface area contributed by atoms with Crippen molar-refractivity contribution in [2.45, 2.75) is 4.90 Å². The maximum atomic E-state index is 12.5. The number of hydrogen-bond acceptors (Lipinski definition) is 1. The number of benzene rings is 1. The molecule has 1 aromatic carbocycles. The fraction of sp³-hybridized carbons (Fsp3) is 0. The maximum absolute atomic E-state index is 12.5. The predicted octanol–water partition coefficient (Wildman–Crippen LogP) is 4.30. The van der Waals surface area contributed by atoms with Crippen molar-refractivity contribution in [2.24, 2.45) is 0 Å². The molecule has 0 atom stereocenters. The van der Waals surface area contributed by atoms with Crippen molar-refractivity contribution in [3.63, 3.8) is 0 Å². The molecule has 0 heterocycles. The molecule has 0 fully saturated rings. The van der Waals surface area contributed by atoms with Crippen LogP contribution in [0.1, 0.15) is 10.4 Å². The Morgan fingerprint density at radius 2 is 1.53 bits per heavy atom. The Bertz CT molecular complexity index is 422. The molecule has 0 N–H and O–H groups in total. The third kappa shape index (κ3) is 2.88. The van der Waals surface area contributed by atoms with Crippen LogP contribution in [-0.4, -0.2) is 6.29 Å². The lowest BCUT2D eigenvalue weighted by atomic mass is 10.2. The highest BCUT2D eigenvalue weighted by atomic mass is 32.5. The lowest BCUT2D eigenvalue weighted by Crippen LogP contribution is -2.07. The van der Waals surface area contributed by atoms with Crippen molar-refractivity contribution in [3.8, 4) is 0 Å². The Morgan fingerprint density at radius 1 is 1.00 bits per heavy atom. The van der Waals surface area contributed by atoms with Crippen molar-refractivity contribution in [2.75, 3.05) is 0 Å². The second-order valence-corrected chi connectivity index (χ2v) is 5.22. The largest absolute Gasteiger partial charge is 0.310 e. The maximum Gasteiger partial charge on any atom is 0.310 e. The molecule has 0 aliphatic rings. The zero-order valence-corrected chi connectivity index (χ0v) is 7.71. The minimum Gasteiger partial charge on any atom is -0.298 e. The van der Waals surface area contributed by atoms with Crippen LogP contribution in [0.25, 0.3) is 0 Å². The third-order valence-corrected chi connectivity index (χ3v) is 2.60. The van der Waals surface area contributed by atoms with Gasteiger partial charge < -0.3 is 0 Å². The van der Waals surface area contributed by atoms with Gasteiger partial charge in [-0.1, -0.05) is 19.4 Å². The lowest BCUT2D eigenvalue weighted by molar-refractivity contribution is 0.112. The van der Waals surface area contributed by atoms with E-state index < -0.39 is 26.5 Å². The number of halogens is 6. The molecular formula is C7H4F6OS. The van der Waals surface area contributed by atoms with Gasteiger partial charge in [-0.2, -0.15) is 0 Å². The van der Waals surface area contributed by atoms with Gasteiger partial charge in [0.1, 0.15) is 17.0 Å². The molecule has 0 spiro atoms. The molecule has 1 rings (SSSR count). The summed E-state index contributed by atoms with van der Waals surface area (Å²) in [7, 11) is -9.91. The van der Waals surface area contributed by atoms with Crippen molar-refractivity contribution < 1.29 is 28.6 Å². The van der Waals surface area contributed by atoms with Gasteiger partial charge in [0.05, 0.1) is 0 Å². The van der Waals surface area contributed by atoms with E-state index >= 15 is 0 Å². The van der Waals surface area contributed by atoms with E-state index in [4.69, 9.17) is 0 Å². The van der Waals surface area contributed by atoms with Crippen LogP contribution in [0.4, 0.5) is 23.8 Å². The van der Waals surface area contributed by atoms with Crippen molar-refractivity contribution in [3.05, 3.63) is 29.6 Å². The number of hydrogen-bond donors (Lipinski definition) is 0. The van der Waals surface area contributed by atoms with Crippen LogP contribution < -0.4 is 0 Å². The Morgan fingerprint density at radius 3 is 1.93 bits per heavy atom. The van der Waals surface area contributed by atoms with E-state index in [-0.39, 0.29) is 18.4 Å². The smallest absolute Gasteiger partial charge is 0.298 e. The second kappa shape index (κ2) is 2.49. The van der Waals surface area contributed by atoms with Gasteiger partial charge in [0.25, 0.3) is 0 Å². The standard InChI is InChI=1S/C7H4F6OS/c8-6-1-5(4-14)2-7(3-6)15(9,10,11,12)13/h1-4H. The van der Waals surface area contributed by atoms with Gasteiger partial charge in [-0.3, -0.25) is 4.79 Å². The van der Waals surface area contributed by atoms with E-state index in [1.165, 1.54) is 0 Å². The molecule has 0 aromatic heterocycles. The van der Waals surface area contributed by atoms with Gasteiger partial charge in [-0.25, -0.2) is 4.39 Å². The molecule has 0 radical (unpaired) electrons. The highest BCUT2D eigenvalue weighted by molar-refractivity contribution is 8.45. The lowest BCUT2D eigenvalue weighted by Gasteiger charge is -2.40. The van der Waals surface area contributed by atoms with E-state index in [9.17, 15) is 28.6 Å². The van der Waals surface area contributed by atoms with E-state index in [0.717, 1.165) is 0 Å². The van der Waals surface area contributed by atoms with Crippen LogP contribution in [0.5, 0.6) is 0 Å². The highest BCUT2D eigenvalue weighted by Crippen LogP contribution is 3.02. The van der Waals surface area contributed by atoms with E-state index in [2.05, 4.69) is 0 Å². The first-order chi connectivity index (χ1) is 6.42. The van der Waals surface area contributed by atoms with Crippen LogP contribution in [0.15, 0.2) is 23.1 Å². The van der Waals surface area contributed by atoms with Crippen molar-refractivity contribution in [1.29, 1.82) is 0 Å². The van der Waals surface area contributed by atoms with E-state index in [1.54, 1.807) is 0 Å². The summed E-state index contributed by atoms with van der Waals surface area (Å²) >= 11 is 0. The number of rotatable bonds is 2. The Balaban J connectivity index is 3.54. The molecule has 86 valence electrons. The highest BCUT2D eigenvalue weighted by Gasteiger charge is 2.65. The Labute approximate surface area is 80.4 Å². The number of carbonyl (C=O) groups is 1. The van der Waals surface area contributed by atoms with E-state index in [0.29, 0.717) is 6.07 Å². The van der Waals surface area contributed by atoms with Gasteiger partial charge in [-0.15, -0.1) is 0 Å². The summed E-state index contributed by atoms with van der Waals surface area (Å²) in [6, 6.07) is 0.00614. The molecule has 0 saturated carbocycles. The fourth-order valence-corrected chi connectivity index (χ4v) is 1.57. The zero-order valence-electron chi connectivity index (χ0n) is 6.89. The molecule has 1 nitrogen and oxygen atoms in total. The molecule has 1 aromatic rings. The molecular weight excluding hydrogens is 246 g/mol. The van der Waals surface area contributed by atoms with Gasteiger partial charge in [-0.05, 0) is 18.2 Å². The van der Waals surface area contributed by atoms with Crippen LogP contribution >= 0.6 is 10.2 Å². The summed E-state index contributed by atoms with van der Waals surface area (Å²) < 4.78 is 73.3. The molecule has 8 heteroatoms. The van der Waals surface area contributed by atoms with Crippen LogP contribution in [-0.2, 0) is 0 Å². The molecule has 0 bridgehead atoms. The summed E-state index contributed by atoms with van der Waals surface area (Å²) in [5, 5.41) is 0. The van der Waals surface area contributed by atoms with Crippen molar-refractivity contribution >= 4 is 16.5 Å². The predicted molar refractivity (Wildman–Crippen MR) is 43.2 cm³/mol. The van der Waals surface area contributed by atoms with Crippen molar-refractivity contribution in [1.82, 2.24) is 0 Å². The minimum atomic E-state index is -9.91. The first-order valence-electron chi connectivity index (χ1n) is 3.42. The number of aldehydes is 1. The SMILES string of the molecule is O=Cc1cc(F)cc(S(F)(F)(F)(F)F)c1. The molecule has 0 unspecified atom stereocenters. The van der Waals surface area contributed by atoms with Crippen LogP contribution in [0, 0.1) is 5.82 Å². The van der Waals surface area contributed by atoms with Gasteiger partial charge in [0, 0.05) is 5.56 Å². The van der Waals surface area contributed by atoms with E-state index in [1.807, 2.05) is 0 Å². The first kappa shape index (κ1) is 11.9. The molecule has 0 aliphatic carbocycles. The quantitative estimate of drug-likeness (QED) is 0.565. The normalized spacial score (nSPS) is 16.7. The number of carbonyl (C=O) groups excluding carboxylic acids is 1. The summed E-state index contributed by atoms with van der Waals surface area (Å²) in [6.45, 7) is 0. The molecule has 15 heavy (non-hydrogen) atoms. The first-order valence-corrected chi connectivity index (χ1v) is 5.37. The third-order valence-electron chi connectivity index (χ3n) is 1.48. The summed E-state index contributed by atoms with van der Waals surface area (Å²) in [5.74, 6) is -1.54. The second-order valence-electron chi connectivity index (χ2n) is 2.81. The average Bonchev–Trinajstić information content (AvgIpc) is 1.99. The summed E-state index contributed by atoms with van der Waals surface area (Å²) in [4.78, 5) is 7.68. The molecule has 0 amide bonds. The topological polar surface area (TPSA) is 17.1 Å². The van der Waals surface area contributed by atoms with Crippen LogP contribution in [0.3, 0.4) is 0 Å². The Hall–Kier alpha value is -1.18. The minimum absolute atomic E-state index is 0.0857. The van der Waals surface area contributed by atoms with Gasteiger partial charge in [0.15, 0.2) is 0 Å². The van der Waals surface area contributed by atoms with Crippen LogP contribution in [0.2, 0.25) is 0 Å². The summed E-state index contributed by atoms with van der Waals surface area (Å²) in [5.41, 5.74) is -0.793. The zero-order chi connectivity index (χ0) is 12.0. The molecule has 0 saturated heterocycles. The molecule has 0 aliphatic heterocycles.